The van der Waals surface area contributed by atoms with E-state index in [2.05, 4.69) is 15.5 Å². The van der Waals surface area contributed by atoms with Gasteiger partial charge in [0.2, 0.25) is 0 Å². The van der Waals surface area contributed by atoms with Crippen molar-refractivity contribution in [3.05, 3.63) is 63.7 Å². The van der Waals surface area contributed by atoms with Gasteiger partial charge in [-0.25, -0.2) is 9.37 Å². The van der Waals surface area contributed by atoms with Crippen LogP contribution in [0.2, 0.25) is 0 Å². The molecule has 1 amide bonds. The summed E-state index contributed by atoms with van der Waals surface area (Å²) in [4.78, 5) is 17.8. The first-order valence-corrected chi connectivity index (χ1v) is 8.90. The van der Waals surface area contributed by atoms with Crippen molar-refractivity contribution in [2.45, 2.75) is 33.1 Å². The third-order valence-electron chi connectivity index (χ3n) is 3.78. The molecule has 0 saturated carbocycles. The minimum atomic E-state index is -0.256. The largest absolute Gasteiger partial charge is 0.360 e. The number of halogens is 1. The number of nitrogens with zero attached hydrogens (tertiary/aromatic N) is 2. The predicted molar refractivity (Wildman–Crippen MR) is 94.5 cm³/mol. The highest BCUT2D eigenvalue weighted by Crippen LogP contribution is 2.23. The molecule has 25 heavy (non-hydrogen) atoms. The van der Waals surface area contributed by atoms with Crippen molar-refractivity contribution in [2.24, 2.45) is 0 Å². The number of benzene rings is 1. The summed E-state index contributed by atoms with van der Waals surface area (Å²) in [7, 11) is 0. The standard InChI is InChI=1S/C18H18FN3O2S/c1-3-14-16(15(4-2)24-22-14)17(23)21-18-20-10-13(25-18)9-11-5-7-12(19)8-6-11/h5-8,10H,3-4,9H2,1-2H3,(H,20,21,23). The lowest BCUT2D eigenvalue weighted by Gasteiger charge is -2.02. The van der Waals surface area contributed by atoms with Crippen LogP contribution in [0.1, 0.15) is 46.1 Å². The van der Waals surface area contributed by atoms with Crippen LogP contribution in [0.25, 0.3) is 0 Å². The SMILES string of the molecule is CCc1noc(CC)c1C(=O)Nc1ncc(Cc2ccc(F)cc2)s1. The van der Waals surface area contributed by atoms with Gasteiger partial charge >= 0.3 is 0 Å². The highest BCUT2D eigenvalue weighted by molar-refractivity contribution is 7.15. The van der Waals surface area contributed by atoms with Crippen LogP contribution in [0.15, 0.2) is 35.0 Å². The van der Waals surface area contributed by atoms with E-state index in [0.717, 1.165) is 10.4 Å². The highest BCUT2D eigenvalue weighted by Gasteiger charge is 2.21. The number of carbonyl (C=O) groups excluding carboxylic acids is 1. The van der Waals surface area contributed by atoms with Crippen molar-refractivity contribution in [1.29, 1.82) is 0 Å². The number of aromatic nitrogens is 2. The molecule has 0 bridgehead atoms. The van der Waals surface area contributed by atoms with Crippen molar-refractivity contribution >= 4 is 22.4 Å². The Morgan fingerprint density at radius 2 is 2.00 bits per heavy atom. The smallest absolute Gasteiger partial charge is 0.262 e. The molecule has 0 aliphatic heterocycles. The van der Waals surface area contributed by atoms with E-state index in [1.165, 1.54) is 23.5 Å². The molecule has 3 aromatic rings. The van der Waals surface area contributed by atoms with Crippen LogP contribution in [-0.2, 0) is 19.3 Å². The number of anilines is 1. The zero-order chi connectivity index (χ0) is 17.8. The Hall–Kier alpha value is -2.54. The molecule has 0 radical (unpaired) electrons. The molecule has 5 nitrogen and oxygen atoms in total. The van der Waals surface area contributed by atoms with Crippen molar-refractivity contribution < 1.29 is 13.7 Å². The zero-order valence-electron chi connectivity index (χ0n) is 14.0. The molecular weight excluding hydrogens is 341 g/mol. The molecule has 2 heterocycles. The fourth-order valence-electron chi connectivity index (χ4n) is 2.51. The minimum Gasteiger partial charge on any atom is -0.360 e. The van der Waals surface area contributed by atoms with Crippen LogP contribution in [0.4, 0.5) is 9.52 Å². The van der Waals surface area contributed by atoms with E-state index in [1.807, 2.05) is 13.8 Å². The van der Waals surface area contributed by atoms with Crippen molar-refractivity contribution in [2.75, 3.05) is 5.32 Å². The molecule has 0 aliphatic rings. The molecule has 3 rings (SSSR count). The number of thiazole rings is 1. The van der Waals surface area contributed by atoms with Gasteiger partial charge in [-0.15, -0.1) is 11.3 Å². The first-order chi connectivity index (χ1) is 12.1. The maximum absolute atomic E-state index is 13.0. The van der Waals surface area contributed by atoms with Gasteiger partial charge in [0.25, 0.3) is 5.91 Å². The number of nitrogens with one attached hydrogen (secondary N) is 1. The van der Waals surface area contributed by atoms with Gasteiger partial charge < -0.3 is 4.52 Å². The van der Waals surface area contributed by atoms with E-state index in [0.29, 0.717) is 41.4 Å². The van der Waals surface area contributed by atoms with Gasteiger partial charge in [0.05, 0.1) is 5.69 Å². The molecule has 1 N–H and O–H groups in total. The lowest BCUT2D eigenvalue weighted by Crippen LogP contribution is -2.14. The average Bonchev–Trinajstić information content (AvgIpc) is 3.23. The first-order valence-electron chi connectivity index (χ1n) is 8.08. The zero-order valence-corrected chi connectivity index (χ0v) is 14.8. The second-order valence-electron chi connectivity index (χ2n) is 5.52. The molecule has 0 aliphatic carbocycles. The van der Waals surface area contributed by atoms with Crippen molar-refractivity contribution in [3.8, 4) is 0 Å². The van der Waals surface area contributed by atoms with Crippen LogP contribution in [0.3, 0.4) is 0 Å². The summed E-state index contributed by atoms with van der Waals surface area (Å²) < 4.78 is 18.2. The molecule has 1 aromatic carbocycles. The average molecular weight is 359 g/mol. The van der Waals surface area contributed by atoms with Crippen molar-refractivity contribution in [3.63, 3.8) is 0 Å². The quantitative estimate of drug-likeness (QED) is 0.715. The first kappa shape index (κ1) is 17.3. The second-order valence-corrected chi connectivity index (χ2v) is 6.64. The summed E-state index contributed by atoms with van der Waals surface area (Å²) in [5.74, 6) is 0.0725. The topological polar surface area (TPSA) is 68.0 Å². The van der Waals surface area contributed by atoms with Gasteiger partial charge in [-0.2, -0.15) is 0 Å². The van der Waals surface area contributed by atoms with E-state index >= 15 is 0 Å². The predicted octanol–water partition coefficient (Wildman–Crippen LogP) is 4.24. The molecule has 0 unspecified atom stereocenters. The van der Waals surface area contributed by atoms with Crippen LogP contribution >= 0.6 is 11.3 Å². The maximum atomic E-state index is 13.0. The van der Waals surface area contributed by atoms with Gasteiger partial charge in [-0.1, -0.05) is 31.1 Å². The molecule has 0 saturated heterocycles. The number of hydrogen-bond acceptors (Lipinski definition) is 5. The normalized spacial score (nSPS) is 10.8. The van der Waals surface area contributed by atoms with E-state index in [-0.39, 0.29) is 11.7 Å². The monoisotopic (exact) mass is 359 g/mol. The van der Waals surface area contributed by atoms with Gasteiger partial charge in [0, 0.05) is 23.9 Å². The molecule has 7 heteroatoms. The summed E-state index contributed by atoms with van der Waals surface area (Å²) in [6.07, 6.45) is 3.59. The van der Waals surface area contributed by atoms with Gasteiger partial charge in [-0.05, 0) is 24.1 Å². The number of amides is 1. The van der Waals surface area contributed by atoms with Crippen LogP contribution < -0.4 is 5.32 Å². The second kappa shape index (κ2) is 7.57. The van der Waals surface area contributed by atoms with Gasteiger partial charge in [0.1, 0.15) is 17.1 Å². The Kier molecular flexibility index (Phi) is 5.23. The van der Waals surface area contributed by atoms with Gasteiger partial charge in [-0.3, -0.25) is 10.1 Å². The Morgan fingerprint density at radius 1 is 1.24 bits per heavy atom. The fourth-order valence-corrected chi connectivity index (χ4v) is 3.35. The fraction of sp³-hybridized carbons (Fsp3) is 0.278. The molecule has 0 atom stereocenters. The van der Waals surface area contributed by atoms with Crippen LogP contribution in [0, 0.1) is 5.82 Å². The number of rotatable bonds is 6. The maximum Gasteiger partial charge on any atom is 0.262 e. The Balaban J connectivity index is 1.72. The molecule has 0 spiro atoms. The van der Waals surface area contributed by atoms with Crippen LogP contribution in [0.5, 0.6) is 0 Å². The van der Waals surface area contributed by atoms with Crippen molar-refractivity contribution in [1.82, 2.24) is 10.1 Å². The van der Waals surface area contributed by atoms with E-state index < -0.39 is 0 Å². The van der Waals surface area contributed by atoms with Crippen LogP contribution in [-0.4, -0.2) is 16.0 Å². The Morgan fingerprint density at radius 3 is 2.68 bits per heavy atom. The molecule has 130 valence electrons. The number of carbonyl (C=O) groups is 1. The lowest BCUT2D eigenvalue weighted by molar-refractivity contribution is 0.102. The van der Waals surface area contributed by atoms with Gasteiger partial charge in [0.15, 0.2) is 5.13 Å². The summed E-state index contributed by atoms with van der Waals surface area (Å²) >= 11 is 1.40. The number of hydrogen-bond donors (Lipinski definition) is 1. The third kappa shape index (κ3) is 3.93. The summed E-state index contributed by atoms with van der Waals surface area (Å²) in [6.45, 7) is 3.85. The Labute approximate surface area is 148 Å². The number of aryl methyl sites for hydroxylation is 2. The Bertz CT molecular complexity index is 849. The summed E-state index contributed by atoms with van der Waals surface area (Å²) in [6, 6.07) is 6.35. The molecular formula is C18H18FN3O2S. The third-order valence-corrected chi connectivity index (χ3v) is 4.69. The highest BCUT2D eigenvalue weighted by atomic mass is 32.1. The van der Waals surface area contributed by atoms with E-state index in [1.54, 1.807) is 18.3 Å². The van der Waals surface area contributed by atoms with E-state index in [4.69, 9.17) is 4.52 Å². The summed E-state index contributed by atoms with van der Waals surface area (Å²) in [5, 5.41) is 7.29. The molecule has 0 fully saturated rings. The lowest BCUT2D eigenvalue weighted by atomic mass is 10.1. The van der Waals surface area contributed by atoms with E-state index in [9.17, 15) is 9.18 Å². The molecule has 2 aromatic heterocycles. The summed E-state index contributed by atoms with van der Waals surface area (Å²) in [5.41, 5.74) is 2.14. The minimum absolute atomic E-state index is 0.252.